The van der Waals surface area contributed by atoms with E-state index in [1.54, 1.807) is 24.3 Å². The van der Waals surface area contributed by atoms with Crippen molar-refractivity contribution in [2.24, 2.45) is 0 Å². The SMILES string of the molecule is COC(CNC(=O)[C@H](OC)c1ccccc1)C(=O)O. The topological polar surface area (TPSA) is 84.9 Å². The van der Waals surface area contributed by atoms with Crippen LogP contribution >= 0.6 is 0 Å². The summed E-state index contributed by atoms with van der Waals surface area (Å²) >= 11 is 0. The second-order valence-electron chi connectivity index (χ2n) is 3.83. The van der Waals surface area contributed by atoms with E-state index in [0.29, 0.717) is 5.56 Å². The smallest absolute Gasteiger partial charge is 0.334 e. The van der Waals surface area contributed by atoms with Crippen molar-refractivity contribution in [3.8, 4) is 0 Å². The molecule has 1 unspecified atom stereocenters. The van der Waals surface area contributed by atoms with Crippen LogP contribution in [0.25, 0.3) is 0 Å². The molecule has 0 aliphatic carbocycles. The zero-order valence-electron chi connectivity index (χ0n) is 10.8. The minimum absolute atomic E-state index is 0.114. The van der Waals surface area contributed by atoms with Gasteiger partial charge >= 0.3 is 5.97 Å². The molecule has 0 saturated carbocycles. The van der Waals surface area contributed by atoms with E-state index < -0.39 is 24.1 Å². The van der Waals surface area contributed by atoms with Crippen LogP contribution in [0.4, 0.5) is 0 Å². The van der Waals surface area contributed by atoms with Gasteiger partial charge in [0.05, 0.1) is 6.54 Å². The highest BCUT2D eigenvalue weighted by Gasteiger charge is 2.22. The summed E-state index contributed by atoms with van der Waals surface area (Å²) in [6.45, 7) is -0.114. The molecule has 6 nitrogen and oxygen atoms in total. The number of aliphatic carboxylic acids is 1. The van der Waals surface area contributed by atoms with Crippen molar-refractivity contribution < 1.29 is 24.2 Å². The van der Waals surface area contributed by atoms with E-state index in [1.165, 1.54) is 14.2 Å². The number of ether oxygens (including phenoxy) is 2. The highest BCUT2D eigenvalue weighted by atomic mass is 16.5. The Bertz CT molecular complexity index is 420. The third-order valence-electron chi connectivity index (χ3n) is 2.60. The minimum atomic E-state index is -1.13. The molecule has 0 aliphatic heterocycles. The Morgan fingerprint density at radius 2 is 1.84 bits per heavy atom. The first kappa shape index (κ1) is 15.1. The van der Waals surface area contributed by atoms with Crippen LogP contribution in [0.3, 0.4) is 0 Å². The normalized spacial score (nSPS) is 13.6. The van der Waals surface area contributed by atoms with Gasteiger partial charge in [0.25, 0.3) is 5.91 Å². The molecule has 0 fully saturated rings. The van der Waals surface area contributed by atoms with Gasteiger partial charge < -0.3 is 19.9 Å². The Morgan fingerprint density at radius 1 is 1.21 bits per heavy atom. The lowest BCUT2D eigenvalue weighted by atomic mass is 10.1. The van der Waals surface area contributed by atoms with Crippen molar-refractivity contribution in [2.75, 3.05) is 20.8 Å². The molecule has 1 rings (SSSR count). The van der Waals surface area contributed by atoms with Crippen molar-refractivity contribution in [3.05, 3.63) is 35.9 Å². The number of carboxylic acids is 1. The Hall–Kier alpha value is -1.92. The molecule has 0 heterocycles. The van der Waals surface area contributed by atoms with Crippen molar-refractivity contribution in [2.45, 2.75) is 12.2 Å². The second kappa shape index (κ2) is 7.50. The van der Waals surface area contributed by atoms with E-state index in [0.717, 1.165) is 0 Å². The number of hydrogen-bond donors (Lipinski definition) is 2. The van der Waals surface area contributed by atoms with E-state index in [1.807, 2.05) is 6.07 Å². The summed E-state index contributed by atoms with van der Waals surface area (Å²) in [5.41, 5.74) is 0.701. The fourth-order valence-corrected chi connectivity index (χ4v) is 1.58. The maximum absolute atomic E-state index is 11.9. The molecule has 1 aromatic rings. The Kier molecular flexibility index (Phi) is 5.98. The Balaban J connectivity index is 2.63. The van der Waals surface area contributed by atoms with E-state index in [-0.39, 0.29) is 6.54 Å². The van der Waals surface area contributed by atoms with Crippen LogP contribution in [0.1, 0.15) is 11.7 Å². The van der Waals surface area contributed by atoms with Gasteiger partial charge in [-0.15, -0.1) is 0 Å². The third-order valence-corrected chi connectivity index (χ3v) is 2.60. The zero-order valence-corrected chi connectivity index (χ0v) is 10.8. The molecule has 1 amide bonds. The molecule has 0 aliphatic rings. The maximum atomic E-state index is 11.9. The van der Waals surface area contributed by atoms with Crippen LogP contribution in [0, 0.1) is 0 Å². The summed E-state index contributed by atoms with van der Waals surface area (Å²) in [5.74, 6) is -1.53. The predicted octanol–water partition coefficient (Wildman–Crippen LogP) is 0.590. The lowest BCUT2D eigenvalue weighted by molar-refractivity contribution is -0.148. The Morgan fingerprint density at radius 3 is 2.32 bits per heavy atom. The van der Waals surface area contributed by atoms with Crippen LogP contribution < -0.4 is 5.32 Å². The molecule has 6 heteroatoms. The molecule has 0 aromatic heterocycles. The number of carboxylic acid groups (broad SMARTS) is 1. The monoisotopic (exact) mass is 267 g/mol. The first-order valence-electron chi connectivity index (χ1n) is 5.71. The van der Waals surface area contributed by atoms with Gasteiger partial charge in [-0.1, -0.05) is 30.3 Å². The third kappa shape index (κ3) is 4.35. The molecule has 19 heavy (non-hydrogen) atoms. The van der Waals surface area contributed by atoms with Crippen molar-refractivity contribution in [3.63, 3.8) is 0 Å². The van der Waals surface area contributed by atoms with E-state index >= 15 is 0 Å². The van der Waals surface area contributed by atoms with Gasteiger partial charge in [-0.3, -0.25) is 4.79 Å². The van der Waals surface area contributed by atoms with Gasteiger partial charge in [-0.05, 0) is 5.56 Å². The maximum Gasteiger partial charge on any atom is 0.334 e. The van der Waals surface area contributed by atoms with E-state index in [4.69, 9.17) is 14.6 Å². The minimum Gasteiger partial charge on any atom is -0.479 e. The first-order valence-corrected chi connectivity index (χ1v) is 5.71. The number of carbonyl (C=O) groups excluding carboxylic acids is 1. The number of amides is 1. The highest BCUT2D eigenvalue weighted by molar-refractivity contribution is 5.83. The molecule has 0 saturated heterocycles. The fraction of sp³-hybridized carbons (Fsp3) is 0.385. The lowest BCUT2D eigenvalue weighted by Gasteiger charge is -2.17. The average Bonchev–Trinajstić information content (AvgIpc) is 2.41. The molecular formula is C13H17NO5. The van der Waals surface area contributed by atoms with Crippen molar-refractivity contribution in [1.82, 2.24) is 5.32 Å². The molecule has 1 aromatic carbocycles. The van der Waals surface area contributed by atoms with Gasteiger partial charge in [0.15, 0.2) is 12.2 Å². The number of hydrogen-bond acceptors (Lipinski definition) is 4. The standard InChI is InChI=1S/C13H17NO5/c1-18-10(13(16)17)8-14-12(15)11(19-2)9-6-4-3-5-7-9/h3-7,10-11H,8H2,1-2H3,(H,14,15)(H,16,17)/t10?,11-/m1/s1. The Labute approximate surface area is 111 Å². The zero-order chi connectivity index (χ0) is 14.3. The van der Waals surface area contributed by atoms with Crippen LogP contribution in [0.5, 0.6) is 0 Å². The quantitative estimate of drug-likeness (QED) is 0.755. The van der Waals surface area contributed by atoms with E-state index in [9.17, 15) is 9.59 Å². The summed E-state index contributed by atoms with van der Waals surface area (Å²) in [5, 5.41) is 11.3. The van der Waals surface area contributed by atoms with Gasteiger partial charge in [-0.2, -0.15) is 0 Å². The van der Waals surface area contributed by atoms with Crippen LogP contribution in [-0.4, -0.2) is 43.9 Å². The molecule has 2 N–H and O–H groups in total. The molecule has 0 bridgehead atoms. The fourth-order valence-electron chi connectivity index (χ4n) is 1.58. The number of nitrogens with one attached hydrogen (secondary N) is 1. The average molecular weight is 267 g/mol. The second-order valence-corrected chi connectivity index (χ2v) is 3.83. The van der Waals surface area contributed by atoms with Crippen LogP contribution in [-0.2, 0) is 19.1 Å². The van der Waals surface area contributed by atoms with Gasteiger partial charge in [-0.25, -0.2) is 4.79 Å². The summed E-state index contributed by atoms with van der Waals surface area (Å²) in [7, 11) is 2.69. The van der Waals surface area contributed by atoms with Crippen LogP contribution in [0.15, 0.2) is 30.3 Å². The summed E-state index contributed by atoms with van der Waals surface area (Å²) < 4.78 is 9.85. The highest BCUT2D eigenvalue weighted by Crippen LogP contribution is 2.15. The molecular weight excluding hydrogens is 250 g/mol. The van der Waals surface area contributed by atoms with Gasteiger partial charge in [0, 0.05) is 14.2 Å². The summed E-state index contributed by atoms with van der Waals surface area (Å²) in [6.07, 6.45) is -1.84. The van der Waals surface area contributed by atoms with Crippen LogP contribution in [0.2, 0.25) is 0 Å². The number of rotatable bonds is 7. The summed E-state index contributed by atoms with van der Waals surface area (Å²) in [4.78, 5) is 22.7. The van der Waals surface area contributed by atoms with Crippen molar-refractivity contribution >= 4 is 11.9 Å². The number of methoxy groups -OCH3 is 2. The molecule has 0 radical (unpaired) electrons. The predicted molar refractivity (Wildman–Crippen MR) is 67.6 cm³/mol. The van der Waals surface area contributed by atoms with Gasteiger partial charge in [0.1, 0.15) is 0 Å². The number of carbonyl (C=O) groups is 2. The van der Waals surface area contributed by atoms with E-state index in [2.05, 4.69) is 5.32 Å². The molecule has 2 atom stereocenters. The first-order chi connectivity index (χ1) is 9.10. The molecule has 104 valence electrons. The summed E-state index contributed by atoms with van der Waals surface area (Å²) in [6, 6.07) is 8.95. The number of benzene rings is 1. The van der Waals surface area contributed by atoms with Crippen molar-refractivity contribution in [1.29, 1.82) is 0 Å². The van der Waals surface area contributed by atoms with Gasteiger partial charge in [0.2, 0.25) is 0 Å². The largest absolute Gasteiger partial charge is 0.479 e. The molecule has 0 spiro atoms. The lowest BCUT2D eigenvalue weighted by Crippen LogP contribution is -2.40.